The molecule has 3 heteroatoms. The molecule has 0 saturated carbocycles. The fourth-order valence-corrected chi connectivity index (χ4v) is 2.30. The van der Waals surface area contributed by atoms with Crippen molar-refractivity contribution in [3.8, 4) is 11.5 Å². The van der Waals surface area contributed by atoms with Crippen molar-refractivity contribution in [1.29, 1.82) is 0 Å². The van der Waals surface area contributed by atoms with Crippen LogP contribution < -0.4 is 4.74 Å². The van der Waals surface area contributed by atoms with E-state index in [2.05, 4.69) is 26.0 Å². The number of rotatable bonds is 2. The highest BCUT2D eigenvalue weighted by molar-refractivity contribution is 6.14. The molecule has 1 aliphatic rings. The number of fused-ring (bicyclic) bond motifs is 1. The second-order valence-electron chi connectivity index (χ2n) is 5.44. The summed E-state index contributed by atoms with van der Waals surface area (Å²) in [4.78, 5) is 12.2. The maximum Gasteiger partial charge on any atom is 0.231 e. The minimum atomic E-state index is -0.155. The number of carbonyl (C=O) groups is 1. The molecule has 0 amide bonds. The van der Waals surface area contributed by atoms with Gasteiger partial charge in [-0.1, -0.05) is 38.1 Å². The normalized spacial score (nSPS) is 15.4. The van der Waals surface area contributed by atoms with E-state index < -0.39 is 0 Å². The van der Waals surface area contributed by atoms with Crippen LogP contribution in [0.5, 0.6) is 11.5 Å². The second-order valence-corrected chi connectivity index (χ2v) is 5.44. The number of hydrogen-bond acceptors (Lipinski definition) is 3. The van der Waals surface area contributed by atoms with Gasteiger partial charge in [0.15, 0.2) is 5.76 Å². The molecule has 1 N–H and O–H groups in total. The number of allylic oxidation sites excluding steroid dienone is 1. The molecule has 2 aromatic carbocycles. The van der Waals surface area contributed by atoms with Crippen molar-refractivity contribution in [1.82, 2.24) is 0 Å². The summed E-state index contributed by atoms with van der Waals surface area (Å²) < 4.78 is 5.53. The SMILES string of the molecule is CC(C)c1ccc(/C=C2/Oc3cc(O)ccc3C2=O)cc1. The molecular formula is C18H16O3. The summed E-state index contributed by atoms with van der Waals surface area (Å²) in [5.41, 5.74) is 2.65. The van der Waals surface area contributed by atoms with E-state index in [4.69, 9.17) is 4.74 Å². The molecule has 0 bridgehead atoms. The fraction of sp³-hybridized carbons (Fsp3) is 0.167. The first-order valence-electron chi connectivity index (χ1n) is 6.92. The van der Waals surface area contributed by atoms with E-state index in [1.165, 1.54) is 17.7 Å². The van der Waals surface area contributed by atoms with Crippen molar-refractivity contribution >= 4 is 11.9 Å². The van der Waals surface area contributed by atoms with Crippen molar-refractivity contribution in [3.05, 3.63) is 64.9 Å². The summed E-state index contributed by atoms with van der Waals surface area (Å²) in [5, 5.41) is 9.43. The summed E-state index contributed by atoms with van der Waals surface area (Å²) >= 11 is 0. The fourth-order valence-electron chi connectivity index (χ4n) is 2.30. The van der Waals surface area contributed by atoms with Gasteiger partial charge in [-0.15, -0.1) is 0 Å². The van der Waals surface area contributed by atoms with Crippen LogP contribution in [0.4, 0.5) is 0 Å². The zero-order chi connectivity index (χ0) is 15.0. The molecule has 3 rings (SSSR count). The van der Waals surface area contributed by atoms with E-state index in [-0.39, 0.29) is 17.3 Å². The average Bonchev–Trinajstić information content (AvgIpc) is 2.75. The highest BCUT2D eigenvalue weighted by Gasteiger charge is 2.27. The summed E-state index contributed by atoms with van der Waals surface area (Å²) in [6.07, 6.45) is 1.73. The van der Waals surface area contributed by atoms with E-state index in [0.717, 1.165) is 5.56 Å². The smallest absolute Gasteiger partial charge is 0.231 e. The van der Waals surface area contributed by atoms with Crippen LogP contribution >= 0.6 is 0 Å². The Hall–Kier alpha value is -2.55. The lowest BCUT2D eigenvalue weighted by Crippen LogP contribution is -1.98. The van der Waals surface area contributed by atoms with Crippen molar-refractivity contribution < 1.29 is 14.6 Å². The van der Waals surface area contributed by atoms with Gasteiger partial charge in [-0.05, 0) is 35.3 Å². The number of benzene rings is 2. The predicted octanol–water partition coefficient (Wildman–Crippen LogP) is 4.13. The third-order valence-electron chi connectivity index (χ3n) is 3.55. The van der Waals surface area contributed by atoms with Crippen LogP contribution in [0.15, 0.2) is 48.2 Å². The molecular weight excluding hydrogens is 264 g/mol. The summed E-state index contributed by atoms with van der Waals surface area (Å²) in [6, 6.07) is 12.6. The first kappa shape index (κ1) is 13.4. The maximum absolute atomic E-state index is 12.2. The highest BCUT2D eigenvalue weighted by Crippen LogP contribution is 2.34. The van der Waals surface area contributed by atoms with Gasteiger partial charge >= 0.3 is 0 Å². The Morgan fingerprint density at radius 3 is 2.48 bits per heavy atom. The molecule has 0 spiro atoms. The van der Waals surface area contributed by atoms with E-state index in [1.54, 1.807) is 12.1 Å². The topological polar surface area (TPSA) is 46.5 Å². The lowest BCUT2D eigenvalue weighted by molar-refractivity contribution is 0.101. The predicted molar refractivity (Wildman–Crippen MR) is 81.6 cm³/mol. The van der Waals surface area contributed by atoms with Crippen molar-refractivity contribution in [2.75, 3.05) is 0 Å². The van der Waals surface area contributed by atoms with Gasteiger partial charge in [0, 0.05) is 6.07 Å². The van der Waals surface area contributed by atoms with E-state index in [0.29, 0.717) is 17.2 Å². The lowest BCUT2D eigenvalue weighted by atomic mass is 10.0. The largest absolute Gasteiger partial charge is 0.508 e. The highest BCUT2D eigenvalue weighted by atomic mass is 16.5. The number of ketones is 1. The molecule has 0 atom stereocenters. The Balaban J connectivity index is 1.90. The molecule has 0 aliphatic carbocycles. The number of aromatic hydroxyl groups is 1. The number of hydrogen-bond donors (Lipinski definition) is 1. The molecule has 0 saturated heterocycles. The summed E-state index contributed by atoms with van der Waals surface area (Å²) in [7, 11) is 0. The Morgan fingerprint density at radius 1 is 1.10 bits per heavy atom. The van der Waals surface area contributed by atoms with E-state index >= 15 is 0 Å². The van der Waals surface area contributed by atoms with Crippen LogP contribution in [-0.4, -0.2) is 10.9 Å². The number of ether oxygens (including phenoxy) is 1. The monoisotopic (exact) mass is 280 g/mol. The molecule has 2 aromatic rings. The molecule has 0 aromatic heterocycles. The molecule has 1 heterocycles. The van der Waals surface area contributed by atoms with Gasteiger partial charge in [-0.3, -0.25) is 4.79 Å². The lowest BCUT2D eigenvalue weighted by Gasteiger charge is -2.05. The van der Waals surface area contributed by atoms with Crippen LogP contribution in [0.1, 0.15) is 41.3 Å². The van der Waals surface area contributed by atoms with Crippen LogP contribution in [0.25, 0.3) is 6.08 Å². The molecule has 0 radical (unpaired) electrons. The first-order valence-corrected chi connectivity index (χ1v) is 6.92. The number of phenolic OH excluding ortho intramolecular Hbond substituents is 1. The van der Waals surface area contributed by atoms with Crippen molar-refractivity contribution in [2.45, 2.75) is 19.8 Å². The third-order valence-corrected chi connectivity index (χ3v) is 3.55. The zero-order valence-electron chi connectivity index (χ0n) is 12.0. The molecule has 0 unspecified atom stereocenters. The number of Topliss-reactive ketones (excluding diaryl/α,β-unsaturated/α-hetero) is 1. The van der Waals surface area contributed by atoms with Gasteiger partial charge < -0.3 is 9.84 Å². The molecule has 106 valence electrons. The van der Waals surface area contributed by atoms with Crippen LogP contribution in [0.2, 0.25) is 0 Å². The van der Waals surface area contributed by atoms with Gasteiger partial charge in [0.1, 0.15) is 11.5 Å². The molecule has 0 fully saturated rings. The standard InChI is InChI=1S/C18H16O3/c1-11(2)13-5-3-12(4-6-13)9-17-18(20)15-8-7-14(19)10-16(15)21-17/h3-11,19H,1-2H3/b17-9+. The Morgan fingerprint density at radius 2 is 1.81 bits per heavy atom. The number of carbonyl (C=O) groups excluding carboxylic acids is 1. The molecule has 21 heavy (non-hydrogen) atoms. The minimum absolute atomic E-state index is 0.0871. The zero-order valence-corrected chi connectivity index (χ0v) is 12.0. The molecule has 3 nitrogen and oxygen atoms in total. The maximum atomic E-state index is 12.2. The van der Waals surface area contributed by atoms with E-state index in [9.17, 15) is 9.90 Å². The third kappa shape index (κ3) is 2.55. The van der Waals surface area contributed by atoms with E-state index in [1.807, 2.05) is 12.1 Å². The first-order chi connectivity index (χ1) is 10.0. The van der Waals surface area contributed by atoms with Gasteiger partial charge in [0.05, 0.1) is 5.56 Å². The molecule has 1 aliphatic heterocycles. The Kier molecular flexibility index (Phi) is 3.26. The minimum Gasteiger partial charge on any atom is -0.508 e. The quantitative estimate of drug-likeness (QED) is 0.841. The van der Waals surface area contributed by atoms with Gasteiger partial charge in [-0.25, -0.2) is 0 Å². The van der Waals surface area contributed by atoms with Crippen LogP contribution in [0.3, 0.4) is 0 Å². The van der Waals surface area contributed by atoms with Crippen molar-refractivity contribution in [3.63, 3.8) is 0 Å². The van der Waals surface area contributed by atoms with Crippen LogP contribution in [0, 0.1) is 0 Å². The Bertz CT molecular complexity index is 725. The van der Waals surface area contributed by atoms with Gasteiger partial charge in [-0.2, -0.15) is 0 Å². The van der Waals surface area contributed by atoms with Gasteiger partial charge in [0.25, 0.3) is 0 Å². The summed E-state index contributed by atoms with van der Waals surface area (Å²) in [6.45, 7) is 4.28. The van der Waals surface area contributed by atoms with Crippen molar-refractivity contribution in [2.24, 2.45) is 0 Å². The second kappa shape index (κ2) is 5.09. The van der Waals surface area contributed by atoms with Crippen LogP contribution in [-0.2, 0) is 0 Å². The Labute approximate surface area is 123 Å². The van der Waals surface area contributed by atoms with Gasteiger partial charge in [0.2, 0.25) is 5.78 Å². The number of phenols is 1. The summed E-state index contributed by atoms with van der Waals surface area (Å²) in [5.74, 6) is 1.10. The average molecular weight is 280 g/mol.